The van der Waals surface area contributed by atoms with Crippen LogP contribution in [0.4, 0.5) is 14.5 Å². The van der Waals surface area contributed by atoms with Crippen molar-refractivity contribution in [1.82, 2.24) is 4.90 Å². The van der Waals surface area contributed by atoms with Crippen molar-refractivity contribution in [2.24, 2.45) is 0 Å². The van der Waals surface area contributed by atoms with Crippen molar-refractivity contribution in [3.05, 3.63) is 60.2 Å². The van der Waals surface area contributed by atoms with Crippen LogP contribution in [-0.4, -0.2) is 50.7 Å². The molecule has 1 aliphatic rings. The van der Waals surface area contributed by atoms with Crippen LogP contribution in [0.2, 0.25) is 0 Å². The molecule has 0 N–H and O–H groups in total. The first-order chi connectivity index (χ1) is 13.6. The Balaban J connectivity index is 1.54. The first-order valence-electron chi connectivity index (χ1n) is 8.96. The van der Waals surface area contributed by atoms with E-state index in [2.05, 4.69) is 9.64 Å². The Bertz CT molecular complexity index is 817. The minimum Gasteiger partial charge on any atom is -0.495 e. The predicted octanol–water partition coefficient (Wildman–Crippen LogP) is 3.66. The highest BCUT2D eigenvalue weighted by Crippen LogP contribution is 2.28. The molecular weight excluding hydrogens is 366 g/mol. The minimum absolute atomic E-state index is 0.0763. The molecule has 0 saturated carbocycles. The van der Waals surface area contributed by atoms with E-state index in [1.807, 2.05) is 24.3 Å². The molecule has 5 nitrogen and oxygen atoms in total. The van der Waals surface area contributed by atoms with E-state index in [4.69, 9.17) is 4.74 Å². The van der Waals surface area contributed by atoms with Gasteiger partial charge in [0.2, 0.25) is 5.91 Å². The summed E-state index contributed by atoms with van der Waals surface area (Å²) in [5.41, 5.74) is 1.77. The first kappa shape index (κ1) is 19.7. The quantitative estimate of drug-likeness (QED) is 0.709. The maximum absolute atomic E-state index is 12.4. The lowest BCUT2D eigenvalue weighted by molar-refractivity contribution is -0.126. The molecule has 0 aromatic heterocycles. The number of amides is 1. The highest BCUT2D eigenvalue weighted by molar-refractivity contribution is 5.92. The molecule has 28 heavy (non-hydrogen) atoms. The zero-order chi connectivity index (χ0) is 19.9. The number of rotatable bonds is 6. The lowest BCUT2D eigenvalue weighted by Gasteiger charge is -2.36. The number of carbonyl (C=O) groups excluding carboxylic acids is 1. The monoisotopic (exact) mass is 388 g/mol. The number of anilines is 1. The fourth-order valence-corrected chi connectivity index (χ4v) is 3.09. The zero-order valence-corrected chi connectivity index (χ0v) is 15.6. The van der Waals surface area contributed by atoms with Gasteiger partial charge in [-0.1, -0.05) is 24.3 Å². The van der Waals surface area contributed by atoms with Crippen LogP contribution < -0.4 is 14.4 Å². The summed E-state index contributed by atoms with van der Waals surface area (Å²) in [5, 5.41) is 0. The molecule has 1 saturated heterocycles. The highest BCUT2D eigenvalue weighted by Gasteiger charge is 2.21. The first-order valence-corrected chi connectivity index (χ1v) is 8.96. The Morgan fingerprint density at radius 1 is 1.04 bits per heavy atom. The lowest BCUT2D eigenvalue weighted by atomic mass is 10.2. The molecular formula is C21H22F2N2O3. The van der Waals surface area contributed by atoms with Crippen molar-refractivity contribution in [1.29, 1.82) is 0 Å². The highest BCUT2D eigenvalue weighted by atomic mass is 19.3. The van der Waals surface area contributed by atoms with Crippen molar-refractivity contribution in [3.8, 4) is 11.5 Å². The second-order valence-electron chi connectivity index (χ2n) is 6.27. The number of piperazine rings is 1. The van der Waals surface area contributed by atoms with E-state index in [-0.39, 0.29) is 11.7 Å². The third kappa shape index (κ3) is 5.00. The van der Waals surface area contributed by atoms with Crippen LogP contribution in [0.1, 0.15) is 5.56 Å². The summed E-state index contributed by atoms with van der Waals surface area (Å²) in [6, 6.07) is 14.0. The van der Waals surface area contributed by atoms with Crippen LogP contribution in [0.15, 0.2) is 54.6 Å². The maximum Gasteiger partial charge on any atom is 0.387 e. The summed E-state index contributed by atoms with van der Waals surface area (Å²) in [4.78, 5) is 16.4. The zero-order valence-electron chi connectivity index (χ0n) is 15.6. The van der Waals surface area contributed by atoms with Crippen LogP contribution in [0.3, 0.4) is 0 Å². The Hall–Kier alpha value is -3.09. The summed E-state index contributed by atoms with van der Waals surface area (Å²) in [5.74, 6) is 0.833. The molecule has 3 rings (SSSR count). The number of ether oxygens (including phenoxy) is 2. The Morgan fingerprint density at radius 3 is 2.36 bits per heavy atom. The molecule has 1 fully saturated rings. The predicted molar refractivity (Wildman–Crippen MR) is 104 cm³/mol. The van der Waals surface area contributed by atoms with Gasteiger partial charge in [0.25, 0.3) is 0 Å². The van der Waals surface area contributed by atoms with E-state index in [0.717, 1.165) is 30.1 Å². The van der Waals surface area contributed by atoms with Gasteiger partial charge in [0, 0.05) is 32.3 Å². The summed E-state index contributed by atoms with van der Waals surface area (Å²) in [6.07, 6.45) is 3.17. The molecule has 1 amide bonds. The van der Waals surface area contributed by atoms with Crippen LogP contribution in [0.5, 0.6) is 11.5 Å². The molecule has 148 valence electrons. The normalized spacial score (nSPS) is 14.6. The van der Waals surface area contributed by atoms with Crippen molar-refractivity contribution >= 4 is 17.7 Å². The van der Waals surface area contributed by atoms with Crippen LogP contribution in [0, 0.1) is 0 Å². The van der Waals surface area contributed by atoms with Gasteiger partial charge < -0.3 is 19.3 Å². The Labute approximate surface area is 162 Å². The second kappa shape index (κ2) is 9.21. The summed E-state index contributed by atoms with van der Waals surface area (Å²) in [6.45, 7) is -0.179. The van der Waals surface area contributed by atoms with E-state index < -0.39 is 6.61 Å². The van der Waals surface area contributed by atoms with Crippen molar-refractivity contribution in [2.75, 3.05) is 38.2 Å². The molecule has 0 atom stereocenters. The van der Waals surface area contributed by atoms with Gasteiger partial charge in [-0.3, -0.25) is 4.79 Å². The standard InChI is InChI=1S/C21H22F2N2O3/c1-27-19-5-3-2-4-18(19)24-12-14-25(15-13-24)20(26)11-8-16-6-9-17(10-7-16)28-21(22)23/h2-11,21H,12-15H2,1H3. The number of methoxy groups -OCH3 is 1. The van der Waals surface area contributed by atoms with E-state index >= 15 is 0 Å². The molecule has 0 bridgehead atoms. The number of alkyl halides is 2. The van der Waals surface area contributed by atoms with Gasteiger partial charge in [-0.2, -0.15) is 8.78 Å². The van der Waals surface area contributed by atoms with Gasteiger partial charge >= 0.3 is 6.61 Å². The van der Waals surface area contributed by atoms with Crippen molar-refractivity contribution < 1.29 is 23.0 Å². The molecule has 1 heterocycles. The third-order valence-electron chi connectivity index (χ3n) is 4.54. The van der Waals surface area contributed by atoms with E-state index in [9.17, 15) is 13.6 Å². The number of carbonyl (C=O) groups is 1. The summed E-state index contributed by atoms with van der Waals surface area (Å²) >= 11 is 0. The summed E-state index contributed by atoms with van der Waals surface area (Å²) in [7, 11) is 1.65. The number of hydrogen-bond donors (Lipinski definition) is 0. The summed E-state index contributed by atoms with van der Waals surface area (Å²) < 4.78 is 34.0. The van der Waals surface area contributed by atoms with E-state index in [1.165, 1.54) is 18.2 Å². The lowest BCUT2D eigenvalue weighted by Crippen LogP contribution is -2.48. The molecule has 0 aliphatic carbocycles. The smallest absolute Gasteiger partial charge is 0.387 e. The fourth-order valence-electron chi connectivity index (χ4n) is 3.09. The topological polar surface area (TPSA) is 42.0 Å². The van der Waals surface area contributed by atoms with Gasteiger partial charge in [0.1, 0.15) is 11.5 Å². The number of para-hydroxylation sites is 2. The Morgan fingerprint density at radius 2 is 1.71 bits per heavy atom. The van der Waals surface area contributed by atoms with E-state index in [1.54, 1.807) is 30.2 Å². The molecule has 2 aromatic carbocycles. The van der Waals surface area contributed by atoms with Gasteiger partial charge in [-0.15, -0.1) is 0 Å². The largest absolute Gasteiger partial charge is 0.495 e. The van der Waals surface area contributed by atoms with E-state index in [0.29, 0.717) is 13.1 Å². The molecule has 0 radical (unpaired) electrons. The number of benzene rings is 2. The van der Waals surface area contributed by atoms with Crippen molar-refractivity contribution in [3.63, 3.8) is 0 Å². The fraction of sp³-hybridized carbons (Fsp3) is 0.286. The minimum atomic E-state index is -2.85. The molecule has 2 aromatic rings. The van der Waals surface area contributed by atoms with Gasteiger partial charge in [0.15, 0.2) is 0 Å². The molecule has 0 unspecified atom stereocenters. The average molecular weight is 388 g/mol. The Kier molecular flexibility index (Phi) is 6.47. The molecule has 1 aliphatic heterocycles. The third-order valence-corrected chi connectivity index (χ3v) is 4.54. The van der Waals surface area contributed by atoms with Gasteiger partial charge in [-0.25, -0.2) is 0 Å². The second-order valence-corrected chi connectivity index (χ2v) is 6.27. The average Bonchev–Trinajstić information content (AvgIpc) is 2.72. The van der Waals surface area contributed by atoms with Crippen LogP contribution in [0.25, 0.3) is 6.08 Å². The van der Waals surface area contributed by atoms with Crippen molar-refractivity contribution in [2.45, 2.75) is 6.61 Å². The van der Waals surface area contributed by atoms with Gasteiger partial charge in [0.05, 0.1) is 12.8 Å². The maximum atomic E-state index is 12.4. The van der Waals surface area contributed by atoms with Gasteiger partial charge in [-0.05, 0) is 35.9 Å². The van der Waals surface area contributed by atoms with Crippen LogP contribution in [-0.2, 0) is 4.79 Å². The SMILES string of the molecule is COc1ccccc1N1CCN(C(=O)C=Cc2ccc(OC(F)F)cc2)CC1. The number of hydrogen-bond acceptors (Lipinski definition) is 4. The molecule has 0 spiro atoms. The van der Waals surface area contributed by atoms with Crippen LogP contribution >= 0.6 is 0 Å². The molecule has 7 heteroatoms. The number of nitrogens with zero attached hydrogens (tertiary/aromatic N) is 2. The number of halogens is 2.